The van der Waals surface area contributed by atoms with Crippen molar-refractivity contribution in [1.82, 2.24) is 10.2 Å². The summed E-state index contributed by atoms with van der Waals surface area (Å²) in [6.07, 6.45) is 3.24. The van der Waals surface area contributed by atoms with Gasteiger partial charge in [-0.05, 0) is 46.4 Å². The number of nitrogens with one attached hydrogen (secondary N) is 1. The van der Waals surface area contributed by atoms with E-state index >= 15 is 0 Å². The molecule has 92 valence electrons. The maximum absolute atomic E-state index is 13.4. The first kappa shape index (κ1) is 14.8. The first-order valence-corrected chi connectivity index (χ1v) is 6.15. The minimum Gasteiger partial charge on any atom is -0.314 e. The van der Waals surface area contributed by atoms with Crippen molar-refractivity contribution < 1.29 is 4.39 Å². The molecule has 2 nitrogen and oxygen atoms in total. The molecule has 0 saturated carbocycles. The highest BCUT2D eigenvalue weighted by atomic mass is 19.1. The highest BCUT2D eigenvalue weighted by Crippen LogP contribution is 2.08. The van der Waals surface area contributed by atoms with Crippen molar-refractivity contribution in [3.63, 3.8) is 0 Å². The van der Waals surface area contributed by atoms with Crippen LogP contribution >= 0.6 is 0 Å². The van der Waals surface area contributed by atoms with Crippen LogP contribution in [0, 0.1) is 0 Å². The van der Waals surface area contributed by atoms with Gasteiger partial charge in [-0.2, -0.15) is 0 Å². The van der Waals surface area contributed by atoms with Crippen molar-refractivity contribution in [3.05, 3.63) is 0 Å². The molecule has 0 bridgehead atoms. The molecule has 0 aliphatic heterocycles. The number of nitrogens with zero attached hydrogens (tertiary/aromatic N) is 1. The van der Waals surface area contributed by atoms with Crippen LogP contribution in [0.4, 0.5) is 4.39 Å². The summed E-state index contributed by atoms with van der Waals surface area (Å²) >= 11 is 0. The van der Waals surface area contributed by atoms with Gasteiger partial charge in [-0.15, -0.1) is 0 Å². The highest BCUT2D eigenvalue weighted by molar-refractivity contribution is 4.74. The molecule has 0 aliphatic rings. The zero-order valence-corrected chi connectivity index (χ0v) is 10.7. The van der Waals surface area contributed by atoms with Crippen LogP contribution in [0.15, 0.2) is 0 Å². The third-order valence-corrected chi connectivity index (χ3v) is 2.91. The van der Waals surface area contributed by atoms with E-state index in [0.29, 0.717) is 6.42 Å². The first-order chi connectivity index (χ1) is 7.15. The molecule has 2 unspecified atom stereocenters. The molecule has 3 heteroatoms. The second-order valence-electron chi connectivity index (χ2n) is 4.26. The van der Waals surface area contributed by atoms with Crippen LogP contribution in [0.2, 0.25) is 0 Å². The molecule has 0 rings (SSSR count). The molecule has 1 N–H and O–H groups in total. The van der Waals surface area contributed by atoms with Crippen LogP contribution in [0.1, 0.15) is 39.5 Å². The lowest BCUT2D eigenvalue weighted by molar-refractivity contribution is 0.217. The van der Waals surface area contributed by atoms with Crippen LogP contribution in [-0.4, -0.2) is 44.3 Å². The molecule has 0 aromatic rings. The Morgan fingerprint density at radius 2 is 1.93 bits per heavy atom. The third-order valence-electron chi connectivity index (χ3n) is 2.91. The first-order valence-electron chi connectivity index (χ1n) is 6.15. The van der Waals surface area contributed by atoms with Gasteiger partial charge < -0.3 is 10.2 Å². The molecule has 0 amide bonds. The van der Waals surface area contributed by atoms with Crippen LogP contribution in [-0.2, 0) is 0 Å². The Kier molecular flexibility index (Phi) is 9.01. The molecule has 0 heterocycles. The van der Waals surface area contributed by atoms with Crippen molar-refractivity contribution in [2.45, 2.75) is 51.7 Å². The van der Waals surface area contributed by atoms with Gasteiger partial charge in [0.05, 0.1) is 0 Å². The van der Waals surface area contributed by atoms with E-state index in [-0.39, 0.29) is 6.04 Å². The van der Waals surface area contributed by atoms with Crippen molar-refractivity contribution in [1.29, 1.82) is 0 Å². The normalized spacial score (nSPS) is 15.6. The van der Waals surface area contributed by atoms with E-state index in [2.05, 4.69) is 24.2 Å². The third kappa shape index (κ3) is 6.85. The largest absolute Gasteiger partial charge is 0.314 e. The number of hydrogen-bond acceptors (Lipinski definition) is 2. The lowest BCUT2D eigenvalue weighted by Gasteiger charge is -2.23. The summed E-state index contributed by atoms with van der Waals surface area (Å²) in [5.41, 5.74) is 0. The van der Waals surface area contributed by atoms with Crippen molar-refractivity contribution in [3.8, 4) is 0 Å². The number of hydrogen-bond donors (Lipinski definition) is 1. The molecule has 2 atom stereocenters. The molecule has 0 fully saturated rings. The van der Waals surface area contributed by atoms with E-state index in [0.717, 1.165) is 19.5 Å². The monoisotopic (exact) mass is 218 g/mol. The van der Waals surface area contributed by atoms with Gasteiger partial charge in [0.1, 0.15) is 6.17 Å². The lowest BCUT2D eigenvalue weighted by atomic mass is 10.1. The Hall–Kier alpha value is -0.150. The lowest BCUT2D eigenvalue weighted by Crippen LogP contribution is -2.38. The van der Waals surface area contributed by atoms with E-state index in [1.54, 1.807) is 0 Å². The van der Waals surface area contributed by atoms with Gasteiger partial charge in [0.15, 0.2) is 0 Å². The zero-order valence-electron chi connectivity index (χ0n) is 10.7. The predicted molar refractivity (Wildman–Crippen MR) is 65.1 cm³/mol. The van der Waals surface area contributed by atoms with Crippen LogP contribution in [0.5, 0.6) is 0 Å². The maximum Gasteiger partial charge on any atom is 0.115 e. The Balaban J connectivity index is 3.69. The van der Waals surface area contributed by atoms with E-state index in [1.165, 1.54) is 12.8 Å². The Morgan fingerprint density at radius 1 is 1.27 bits per heavy atom. The van der Waals surface area contributed by atoms with Gasteiger partial charge in [0.2, 0.25) is 0 Å². The maximum atomic E-state index is 13.4. The number of alkyl halides is 1. The highest BCUT2D eigenvalue weighted by Gasteiger charge is 2.17. The predicted octanol–water partition coefficient (Wildman–Crippen LogP) is 2.44. The fourth-order valence-corrected chi connectivity index (χ4v) is 1.69. The SMILES string of the molecule is CCCCN(C)CCC(NC)C(F)CC. The van der Waals surface area contributed by atoms with E-state index in [4.69, 9.17) is 0 Å². The molecule has 0 aromatic carbocycles. The van der Waals surface area contributed by atoms with Crippen molar-refractivity contribution in [2.24, 2.45) is 0 Å². The van der Waals surface area contributed by atoms with Crippen molar-refractivity contribution in [2.75, 3.05) is 27.2 Å². The van der Waals surface area contributed by atoms with Gasteiger partial charge in [-0.1, -0.05) is 20.3 Å². The Bertz CT molecular complexity index is 142. The Morgan fingerprint density at radius 3 is 2.40 bits per heavy atom. The second kappa shape index (κ2) is 9.10. The summed E-state index contributed by atoms with van der Waals surface area (Å²) in [4.78, 5) is 2.29. The zero-order chi connectivity index (χ0) is 11.7. The molecule has 0 aromatic heterocycles. The van der Waals surface area contributed by atoms with Crippen LogP contribution in [0.25, 0.3) is 0 Å². The van der Waals surface area contributed by atoms with Gasteiger partial charge in [0, 0.05) is 6.04 Å². The number of rotatable bonds is 9. The van der Waals surface area contributed by atoms with Crippen LogP contribution in [0.3, 0.4) is 0 Å². The van der Waals surface area contributed by atoms with Gasteiger partial charge in [0.25, 0.3) is 0 Å². The minimum atomic E-state index is -0.713. The molecular weight excluding hydrogens is 191 g/mol. The summed E-state index contributed by atoms with van der Waals surface area (Å²) < 4.78 is 13.4. The van der Waals surface area contributed by atoms with Crippen LogP contribution < -0.4 is 5.32 Å². The minimum absolute atomic E-state index is 0.0130. The summed E-state index contributed by atoms with van der Waals surface area (Å²) in [5, 5.41) is 3.06. The average Bonchev–Trinajstić information content (AvgIpc) is 2.26. The number of halogens is 1. The quantitative estimate of drug-likeness (QED) is 0.639. The molecule has 0 radical (unpaired) electrons. The molecule has 0 spiro atoms. The van der Waals surface area contributed by atoms with Gasteiger partial charge in [-0.25, -0.2) is 4.39 Å². The smallest absolute Gasteiger partial charge is 0.115 e. The molecular formula is C12H27FN2. The summed E-state index contributed by atoms with van der Waals surface area (Å²) in [6.45, 7) is 6.19. The van der Waals surface area contributed by atoms with E-state index in [1.807, 2.05) is 14.0 Å². The topological polar surface area (TPSA) is 15.3 Å². The van der Waals surface area contributed by atoms with E-state index in [9.17, 15) is 4.39 Å². The second-order valence-corrected chi connectivity index (χ2v) is 4.26. The summed E-state index contributed by atoms with van der Waals surface area (Å²) in [6, 6.07) is 0.0130. The Labute approximate surface area is 94.2 Å². The van der Waals surface area contributed by atoms with Crippen molar-refractivity contribution >= 4 is 0 Å². The van der Waals surface area contributed by atoms with Gasteiger partial charge in [-0.3, -0.25) is 0 Å². The molecule has 0 saturated heterocycles. The fraction of sp³-hybridized carbons (Fsp3) is 1.00. The standard InChI is InChI=1S/C12H27FN2/c1-5-7-9-15(4)10-8-12(14-3)11(13)6-2/h11-12,14H,5-10H2,1-4H3. The number of unbranched alkanes of at least 4 members (excludes halogenated alkanes) is 1. The average molecular weight is 218 g/mol. The van der Waals surface area contributed by atoms with E-state index < -0.39 is 6.17 Å². The summed E-state index contributed by atoms with van der Waals surface area (Å²) in [5.74, 6) is 0. The molecule has 0 aliphatic carbocycles. The molecule has 15 heavy (non-hydrogen) atoms. The fourth-order valence-electron chi connectivity index (χ4n) is 1.69. The summed E-state index contributed by atoms with van der Waals surface area (Å²) in [7, 11) is 3.96. The van der Waals surface area contributed by atoms with Gasteiger partial charge >= 0.3 is 0 Å².